The molecule has 1 aliphatic heterocycles. The van der Waals surface area contributed by atoms with Gasteiger partial charge in [0, 0.05) is 53.6 Å². The molecule has 1 aliphatic rings. The second-order valence-electron chi connectivity index (χ2n) is 6.93. The number of rotatable bonds is 3. The summed E-state index contributed by atoms with van der Waals surface area (Å²) in [6, 6.07) is 4.99. The van der Waals surface area contributed by atoms with Gasteiger partial charge in [0.25, 0.3) is 5.56 Å². The molecule has 9 heteroatoms. The first-order valence-electron chi connectivity index (χ1n) is 8.62. The highest BCUT2D eigenvalue weighted by Gasteiger charge is 2.26. The molecule has 0 saturated carbocycles. The molecule has 0 spiro atoms. The van der Waals surface area contributed by atoms with Crippen LogP contribution < -0.4 is 10.9 Å². The first-order valence-corrected chi connectivity index (χ1v) is 9.50. The molecule has 1 N–H and O–H groups in total. The fraction of sp³-hybridized carbons (Fsp3) is 0.389. The van der Waals surface area contributed by atoms with Crippen LogP contribution >= 0.6 is 11.3 Å². The van der Waals surface area contributed by atoms with Crippen LogP contribution in [0.15, 0.2) is 28.4 Å². The van der Waals surface area contributed by atoms with Crippen LogP contribution in [0.5, 0.6) is 0 Å². The molecule has 27 heavy (non-hydrogen) atoms. The second-order valence-corrected chi connectivity index (χ2v) is 7.84. The van der Waals surface area contributed by atoms with Crippen molar-refractivity contribution in [2.75, 3.05) is 25.5 Å². The van der Waals surface area contributed by atoms with Gasteiger partial charge >= 0.3 is 0 Å². The summed E-state index contributed by atoms with van der Waals surface area (Å²) < 4.78 is 29.6. The highest BCUT2D eigenvalue weighted by molar-refractivity contribution is 7.17. The lowest BCUT2D eigenvalue weighted by atomic mass is 10.1. The van der Waals surface area contributed by atoms with Gasteiger partial charge in [-0.1, -0.05) is 6.07 Å². The van der Waals surface area contributed by atoms with Crippen LogP contribution in [0.25, 0.3) is 21.5 Å². The van der Waals surface area contributed by atoms with Gasteiger partial charge in [-0.25, -0.2) is 8.78 Å². The fourth-order valence-corrected chi connectivity index (χ4v) is 4.33. The van der Waals surface area contributed by atoms with Crippen LogP contribution in [-0.4, -0.2) is 52.0 Å². The van der Waals surface area contributed by atoms with Gasteiger partial charge in [-0.3, -0.25) is 9.36 Å². The minimum atomic E-state index is -0.935. The molecule has 4 rings (SSSR count). The largest absolute Gasteiger partial charge is 0.360 e. The first kappa shape index (κ1) is 18.0. The molecule has 2 aromatic heterocycles. The van der Waals surface area contributed by atoms with Crippen LogP contribution in [0.3, 0.4) is 0 Å². The smallest absolute Gasteiger partial charge is 0.296 e. The van der Waals surface area contributed by atoms with Crippen LogP contribution in [-0.2, 0) is 7.05 Å². The van der Waals surface area contributed by atoms with Gasteiger partial charge in [0.05, 0.1) is 0 Å². The summed E-state index contributed by atoms with van der Waals surface area (Å²) in [5, 5.41) is 13.2. The molecule has 1 aromatic carbocycles. The number of likely N-dealkylation sites (N-methyl/N-ethyl adjacent to an activating group) is 1. The van der Waals surface area contributed by atoms with Crippen LogP contribution in [0.2, 0.25) is 0 Å². The molecule has 3 aromatic rings. The van der Waals surface area contributed by atoms with Gasteiger partial charge in [0.15, 0.2) is 5.82 Å². The average Bonchev–Trinajstić information content (AvgIpc) is 2.99. The number of aromatic nitrogens is 3. The highest BCUT2D eigenvalue weighted by Crippen LogP contribution is 2.28. The second kappa shape index (κ2) is 6.97. The van der Waals surface area contributed by atoms with E-state index in [-0.39, 0.29) is 23.2 Å². The van der Waals surface area contributed by atoms with Crippen molar-refractivity contribution in [2.45, 2.75) is 18.6 Å². The minimum Gasteiger partial charge on any atom is -0.360 e. The molecule has 0 aliphatic carbocycles. The zero-order chi connectivity index (χ0) is 19.1. The predicted octanol–water partition coefficient (Wildman–Crippen LogP) is 2.65. The monoisotopic (exact) mass is 391 g/mol. The number of hydrogen-bond acceptors (Lipinski definition) is 6. The maximum atomic E-state index is 13.8. The van der Waals surface area contributed by atoms with Gasteiger partial charge in [0.1, 0.15) is 12.0 Å². The quantitative estimate of drug-likeness (QED) is 0.744. The van der Waals surface area contributed by atoms with E-state index >= 15 is 0 Å². The third-order valence-electron chi connectivity index (χ3n) is 4.78. The molecule has 3 heterocycles. The van der Waals surface area contributed by atoms with Crippen molar-refractivity contribution in [1.29, 1.82) is 0 Å². The lowest BCUT2D eigenvalue weighted by molar-refractivity contribution is 0.153. The number of halogens is 2. The Bertz CT molecular complexity index is 1040. The van der Waals surface area contributed by atoms with Gasteiger partial charge in [-0.05, 0) is 19.2 Å². The van der Waals surface area contributed by atoms with Crippen LogP contribution in [0.4, 0.5) is 14.6 Å². The van der Waals surface area contributed by atoms with Gasteiger partial charge < -0.3 is 10.2 Å². The molecular formula is C18H19F2N5OS. The third-order valence-corrected chi connectivity index (χ3v) is 5.70. The summed E-state index contributed by atoms with van der Waals surface area (Å²) in [6.45, 7) is 1.03. The zero-order valence-electron chi connectivity index (χ0n) is 14.9. The van der Waals surface area contributed by atoms with E-state index in [1.807, 2.05) is 11.9 Å². The van der Waals surface area contributed by atoms with E-state index in [0.717, 1.165) is 4.70 Å². The van der Waals surface area contributed by atoms with E-state index in [9.17, 15) is 13.6 Å². The number of nitrogens with one attached hydrogen (secondary N) is 1. The van der Waals surface area contributed by atoms with Gasteiger partial charge in [-0.2, -0.15) is 0 Å². The van der Waals surface area contributed by atoms with E-state index < -0.39 is 6.17 Å². The molecule has 6 nitrogen and oxygen atoms in total. The van der Waals surface area contributed by atoms with E-state index in [0.29, 0.717) is 36.3 Å². The number of benzene rings is 1. The van der Waals surface area contributed by atoms with E-state index in [1.165, 1.54) is 21.3 Å². The van der Waals surface area contributed by atoms with Crippen molar-refractivity contribution in [3.05, 3.63) is 39.8 Å². The third kappa shape index (κ3) is 3.44. The molecule has 0 bridgehead atoms. The summed E-state index contributed by atoms with van der Waals surface area (Å²) >= 11 is 1.30. The molecule has 2 atom stereocenters. The predicted molar refractivity (Wildman–Crippen MR) is 102 cm³/mol. The normalized spacial score (nSPS) is 20.9. The number of thiophene rings is 1. The maximum absolute atomic E-state index is 13.8. The van der Waals surface area contributed by atoms with Crippen molar-refractivity contribution in [3.8, 4) is 11.4 Å². The Morgan fingerprint density at radius 1 is 1.26 bits per heavy atom. The molecule has 0 radical (unpaired) electrons. The maximum Gasteiger partial charge on any atom is 0.296 e. The summed E-state index contributed by atoms with van der Waals surface area (Å²) in [5.74, 6) is 0.243. The van der Waals surface area contributed by atoms with Crippen LogP contribution in [0, 0.1) is 5.82 Å². The number of anilines is 1. The Labute approximate surface area is 158 Å². The zero-order valence-corrected chi connectivity index (χ0v) is 15.8. The highest BCUT2D eigenvalue weighted by atomic mass is 32.1. The minimum absolute atomic E-state index is 0.108. The van der Waals surface area contributed by atoms with Crippen molar-refractivity contribution in [2.24, 2.45) is 7.05 Å². The van der Waals surface area contributed by atoms with Crippen molar-refractivity contribution >= 4 is 27.2 Å². The number of piperidine rings is 1. The standard InChI is InChI=1S/C18H19F2N5OS/c1-24-7-11(19)6-12(8-24)21-16-18(26)25(2)17(23-22-16)10-3-4-13-14(20)9-27-15(13)5-10/h3-5,9,11-12H,6-8H2,1-2H3,(H,21,22)/t11-,12-/m1/s1. The SMILES string of the molecule is CN1C[C@H](F)C[C@@H](Nc2nnc(-c3ccc4c(F)csc4c3)n(C)c2=O)C1. The van der Waals surface area contributed by atoms with Crippen LogP contribution in [0.1, 0.15) is 6.42 Å². The number of likely N-dealkylation sites (tertiary alicyclic amines) is 1. The molecule has 1 fully saturated rings. The number of hydrogen-bond donors (Lipinski definition) is 1. The topological polar surface area (TPSA) is 63.0 Å². The van der Waals surface area contributed by atoms with E-state index in [1.54, 1.807) is 25.2 Å². The summed E-state index contributed by atoms with van der Waals surface area (Å²) in [7, 11) is 3.46. The van der Waals surface area contributed by atoms with Gasteiger partial charge in [-0.15, -0.1) is 21.5 Å². The first-order chi connectivity index (χ1) is 12.9. The average molecular weight is 391 g/mol. The van der Waals surface area contributed by atoms with Crippen molar-refractivity contribution in [1.82, 2.24) is 19.7 Å². The summed E-state index contributed by atoms with van der Waals surface area (Å²) in [6.07, 6.45) is -0.604. The van der Waals surface area contributed by atoms with E-state index in [4.69, 9.17) is 0 Å². The molecule has 142 valence electrons. The Morgan fingerprint density at radius 2 is 2.07 bits per heavy atom. The Hall–Kier alpha value is -2.39. The lowest BCUT2D eigenvalue weighted by Gasteiger charge is -2.32. The molecule has 1 saturated heterocycles. The van der Waals surface area contributed by atoms with Gasteiger partial charge in [0.2, 0.25) is 5.82 Å². The Morgan fingerprint density at radius 3 is 2.85 bits per heavy atom. The Kier molecular flexibility index (Phi) is 4.65. The molecular weight excluding hydrogens is 372 g/mol. The molecule has 0 unspecified atom stereocenters. The number of fused-ring (bicyclic) bond motifs is 1. The molecule has 0 amide bonds. The van der Waals surface area contributed by atoms with E-state index in [2.05, 4.69) is 15.5 Å². The number of nitrogens with zero attached hydrogens (tertiary/aromatic N) is 4. The Balaban J connectivity index is 1.64. The fourth-order valence-electron chi connectivity index (χ4n) is 3.48. The summed E-state index contributed by atoms with van der Waals surface area (Å²) in [5.41, 5.74) is 0.352. The van der Waals surface area contributed by atoms with Crippen molar-refractivity contribution in [3.63, 3.8) is 0 Å². The number of alkyl halides is 1. The lowest BCUT2D eigenvalue weighted by Crippen LogP contribution is -2.46. The van der Waals surface area contributed by atoms with Crippen molar-refractivity contribution < 1.29 is 8.78 Å². The summed E-state index contributed by atoms with van der Waals surface area (Å²) in [4.78, 5) is 14.6.